The van der Waals surface area contributed by atoms with E-state index >= 15 is 0 Å². The van der Waals surface area contributed by atoms with Crippen LogP contribution in [0.5, 0.6) is 0 Å². The molecular formula is C13H18O8. The number of aliphatic hydroxyl groups is 2. The van der Waals surface area contributed by atoms with Crippen LogP contribution >= 0.6 is 0 Å². The molecule has 4 atom stereocenters. The highest BCUT2D eigenvalue weighted by Gasteiger charge is 2.40. The Morgan fingerprint density at radius 1 is 0.952 bits per heavy atom. The summed E-state index contributed by atoms with van der Waals surface area (Å²) in [4.78, 5) is 23.0. The molecule has 0 aromatic carbocycles. The fourth-order valence-electron chi connectivity index (χ4n) is 1.71. The molecule has 2 rings (SSSR count). The van der Waals surface area contributed by atoms with Gasteiger partial charge in [-0.2, -0.15) is 0 Å². The molecule has 2 aliphatic rings. The zero-order valence-electron chi connectivity index (χ0n) is 11.4. The Bertz CT molecular complexity index is 420. The Morgan fingerprint density at radius 3 is 1.95 bits per heavy atom. The van der Waals surface area contributed by atoms with Gasteiger partial charge in [-0.15, -0.1) is 0 Å². The number of aliphatic hydroxyl groups excluding tert-OH is 2. The van der Waals surface area contributed by atoms with Gasteiger partial charge in [0.1, 0.15) is 37.6 Å². The first-order valence-corrected chi connectivity index (χ1v) is 6.58. The lowest BCUT2D eigenvalue weighted by molar-refractivity contribution is -0.146. The molecule has 0 aromatic heterocycles. The van der Waals surface area contributed by atoms with Gasteiger partial charge in [-0.25, -0.2) is 4.79 Å². The minimum Gasteiger partial charge on any atom is -0.463 e. The number of carbonyl (C=O) groups is 2. The summed E-state index contributed by atoms with van der Waals surface area (Å²) in [5.74, 6) is -1.31. The third-order valence-electron chi connectivity index (χ3n) is 3.17. The van der Waals surface area contributed by atoms with Crippen molar-refractivity contribution in [2.45, 2.75) is 30.8 Å². The number of rotatable bonds is 9. The van der Waals surface area contributed by atoms with Gasteiger partial charge in [0.25, 0.3) is 0 Å². The van der Waals surface area contributed by atoms with Crippen LogP contribution < -0.4 is 0 Å². The highest BCUT2D eigenvalue weighted by molar-refractivity contribution is 5.93. The molecule has 118 valence electrons. The van der Waals surface area contributed by atoms with Gasteiger partial charge in [0.15, 0.2) is 0 Å². The van der Waals surface area contributed by atoms with E-state index in [1.807, 2.05) is 0 Å². The van der Waals surface area contributed by atoms with Crippen molar-refractivity contribution in [1.29, 1.82) is 0 Å². The molecule has 2 saturated heterocycles. The highest BCUT2D eigenvalue weighted by Crippen LogP contribution is 2.22. The Labute approximate surface area is 121 Å². The van der Waals surface area contributed by atoms with Crippen LogP contribution in [0.1, 0.15) is 6.42 Å². The van der Waals surface area contributed by atoms with Crippen LogP contribution in [0.3, 0.4) is 0 Å². The fraction of sp³-hybridized carbons (Fsp3) is 0.692. The SMILES string of the molecule is C=C(CC(=O)OCC1OC1CO)C(=O)OCC1OC1CO. The second kappa shape index (κ2) is 6.99. The maximum atomic E-state index is 11.5. The normalized spacial score (nSPS) is 29.6. The molecule has 8 nitrogen and oxygen atoms in total. The summed E-state index contributed by atoms with van der Waals surface area (Å²) in [6.45, 7) is 3.30. The molecule has 0 amide bonds. The summed E-state index contributed by atoms with van der Waals surface area (Å²) in [5.41, 5.74) is -0.0170. The predicted octanol–water partition coefficient (Wildman–Crippen LogP) is -1.46. The van der Waals surface area contributed by atoms with Crippen LogP contribution in [0.25, 0.3) is 0 Å². The molecule has 2 aliphatic heterocycles. The number of epoxide rings is 2. The Morgan fingerprint density at radius 2 is 1.48 bits per heavy atom. The van der Waals surface area contributed by atoms with Crippen LogP contribution in [0.4, 0.5) is 0 Å². The minimum absolute atomic E-state index is 0.0170. The van der Waals surface area contributed by atoms with Gasteiger partial charge >= 0.3 is 11.9 Å². The van der Waals surface area contributed by atoms with E-state index in [1.165, 1.54) is 0 Å². The summed E-state index contributed by atoms with van der Waals surface area (Å²) in [6.07, 6.45) is -1.40. The van der Waals surface area contributed by atoms with Crippen molar-refractivity contribution in [2.24, 2.45) is 0 Å². The number of carbonyl (C=O) groups excluding carboxylic acids is 2. The van der Waals surface area contributed by atoms with E-state index < -0.39 is 11.9 Å². The Balaban J connectivity index is 1.57. The average molecular weight is 302 g/mol. The van der Waals surface area contributed by atoms with Crippen LogP contribution in [0.15, 0.2) is 12.2 Å². The van der Waals surface area contributed by atoms with Crippen molar-refractivity contribution in [3.63, 3.8) is 0 Å². The van der Waals surface area contributed by atoms with Gasteiger partial charge in [-0.3, -0.25) is 4.79 Å². The van der Waals surface area contributed by atoms with Gasteiger partial charge in [-0.1, -0.05) is 6.58 Å². The molecule has 0 spiro atoms. The zero-order chi connectivity index (χ0) is 15.4. The lowest BCUT2D eigenvalue weighted by Gasteiger charge is -2.06. The van der Waals surface area contributed by atoms with Crippen molar-refractivity contribution < 1.29 is 38.7 Å². The first-order chi connectivity index (χ1) is 10.0. The molecule has 0 bridgehead atoms. The first-order valence-electron chi connectivity index (χ1n) is 6.58. The number of hydrogen-bond acceptors (Lipinski definition) is 8. The lowest BCUT2D eigenvalue weighted by atomic mass is 10.2. The van der Waals surface area contributed by atoms with E-state index in [-0.39, 0.29) is 62.8 Å². The second-order valence-electron chi connectivity index (χ2n) is 4.85. The van der Waals surface area contributed by atoms with Crippen molar-refractivity contribution in [2.75, 3.05) is 26.4 Å². The molecule has 0 aliphatic carbocycles. The molecule has 2 N–H and O–H groups in total. The van der Waals surface area contributed by atoms with Gasteiger partial charge in [-0.05, 0) is 0 Å². The molecule has 2 heterocycles. The van der Waals surface area contributed by atoms with E-state index in [0.717, 1.165) is 0 Å². The molecule has 8 heteroatoms. The summed E-state index contributed by atoms with van der Waals surface area (Å²) in [5, 5.41) is 17.5. The van der Waals surface area contributed by atoms with Gasteiger partial charge in [0, 0.05) is 5.57 Å². The quantitative estimate of drug-likeness (QED) is 0.301. The van der Waals surface area contributed by atoms with Crippen molar-refractivity contribution in [1.82, 2.24) is 0 Å². The van der Waals surface area contributed by atoms with E-state index in [2.05, 4.69) is 6.58 Å². The maximum Gasteiger partial charge on any atom is 0.334 e. The van der Waals surface area contributed by atoms with Crippen molar-refractivity contribution in [3.05, 3.63) is 12.2 Å². The smallest absolute Gasteiger partial charge is 0.334 e. The first kappa shape index (κ1) is 15.9. The van der Waals surface area contributed by atoms with Crippen LogP contribution in [0.2, 0.25) is 0 Å². The standard InChI is InChI=1S/C13H18O8/c1-7(13(17)19-6-11-9(4-15)21-11)2-12(16)18-5-10-8(3-14)20-10/h8-11,14-15H,1-6H2. The zero-order valence-corrected chi connectivity index (χ0v) is 11.4. The van der Waals surface area contributed by atoms with Gasteiger partial charge in [0.2, 0.25) is 0 Å². The van der Waals surface area contributed by atoms with Crippen molar-refractivity contribution >= 4 is 11.9 Å². The summed E-state index contributed by atoms with van der Waals surface area (Å²) >= 11 is 0. The molecule has 2 fully saturated rings. The largest absolute Gasteiger partial charge is 0.463 e. The topological polar surface area (TPSA) is 118 Å². The third-order valence-corrected chi connectivity index (χ3v) is 3.17. The molecular weight excluding hydrogens is 284 g/mol. The molecule has 0 aromatic rings. The number of hydrogen-bond donors (Lipinski definition) is 2. The van der Waals surface area contributed by atoms with E-state index in [9.17, 15) is 9.59 Å². The monoisotopic (exact) mass is 302 g/mol. The third kappa shape index (κ3) is 4.78. The number of ether oxygens (including phenoxy) is 4. The van der Waals surface area contributed by atoms with Gasteiger partial charge in [0.05, 0.1) is 19.6 Å². The van der Waals surface area contributed by atoms with Crippen molar-refractivity contribution in [3.8, 4) is 0 Å². The second-order valence-corrected chi connectivity index (χ2v) is 4.85. The molecule has 0 radical (unpaired) electrons. The Kier molecular flexibility index (Phi) is 5.29. The van der Waals surface area contributed by atoms with Crippen LogP contribution in [-0.2, 0) is 28.5 Å². The van der Waals surface area contributed by atoms with Crippen LogP contribution in [-0.4, -0.2) is 73.0 Å². The molecule has 21 heavy (non-hydrogen) atoms. The fourth-order valence-corrected chi connectivity index (χ4v) is 1.71. The summed E-state index contributed by atoms with van der Waals surface area (Å²) < 4.78 is 19.8. The minimum atomic E-state index is -0.699. The number of esters is 2. The van der Waals surface area contributed by atoms with E-state index in [0.29, 0.717) is 0 Å². The van der Waals surface area contributed by atoms with Crippen LogP contribution in [0, 0.1) is 0 Å². The lowest BCUT2D eigenvalue weighted by Crippen LogP contribution is -2.18. The predicted molar refractivity (Wildman–Crippen MR) is 67.2 cm³/mol. The molecule has 0 saturated carbocycles. The van der Waals surface area contributed by atoms with Gasteiger partial charge < -0.3 is 29.2 Å². The Hall–Kier alpha value is -1.48. The summed E-state index contributed by atoms with van der Waals surface area (Å²) in [6, 6.07) is 0. The van der Waals surface area contributed by atoms with E-state index in [4.69, 9.17) is 29.2 Å². The van der Waals surface area contributed by atoms with E-state index in [1.54, 1.807) is 0 Å². The summed E-state index contributed by atoms with van der Waals surface area (Å²) in [7, 11) is 0. The molecule has 4 unspecified atom stereocenters. The maximum absolute atomic E-state index is 11.5. The highest BCUT2D eigenvalue weighted by atomic mass is 16.6. The average Bonchev–Trinajstić information content (AvgIpc) is 3.36.